The summed E-state index contributed by atoms with van der Waals surface area (Å²) in [5.41, 5.74) is 1.03. The Kier molecular flexibility index (Phi) is 5.41. The predicted octanol–water partition coefficient (Wildman–Crippen LogP) is 3.84. The molecule has 0 unspecified atom stereocenters. The number of unbranched alkanes of at least 4 members (excludes halogenated alkanes) is 1. The van der Waals surface area contributed by atoms with Gasteiger partial charge in [0.05, 0.1) is 5.69 Å². The Labute approximate surface area is 86.2 Å². The van der Waals surface area contributed by atoms with Crippen molar-refractivity contribution in [2.75, 3.05) is 0 Å². The maximum absolute atomic E-state index is 4.21. The van der Waals surface area contributed by atoms with Gasteiger partial charge < -0.3 is 0 Å². The van der Waals surface area contributed by atoms with Crippen LogP contribution in [0.1, 0.15) is 31.9 Å². The fraction of sp³-hybridized carbons (Fsp3) is 0.308. The van der Waals surface area contributed by atoms with Crippen LogP contribution in [0.2, 0.25) is 0 Å². The third kappa shape index (κ3) is 4.61. The number of hydrogen-bond acceptors (Lipinski definition) is 1. The SMILES string of the molecule is CC/C=C/CC/C=C/c1ccccn1. The van der Waals surface area contributed by atoms with Crippen LogP contribution < -0.4 is 0 Å². The second kappa shape index (κ2) is 7.07. The molecule has 0 spiro atoms. The highest BCUT2D eigenvalue weighted by Gasteiger charge is 1.82. The molecule has 0 amide bonds. The van der Waals surface area contributed by atoms with E-state index in [9.17, 15) is 0 Å². The van der Waals surface area contributed by atoms with E-state index in [1.807, 2.05) is 24.4 Å². The monoisotopic (exact) mass is 187 g/mol. The molecule has 1 aromatic rings. The fourth-order valence-electron chi connectivity index (χ4n) is 1.16. The maximum Gasteiger partial charge on any atom is 0.0626 e. The summed E-state index contributed by atoms with van der Waals surface area (Å²) in [5.74, 6) is 0. The Balaban J connectivity index is 2.25. The summed E-state index contributed by atoms with van der Waals surface area (Å²) in [6.45, 7) is 2.15. The van der Waals surface area contributed by atoms with Crippen molar-refractivity contribution in [3.63, 3.8) is 0 Å². The zero-order valence-electron chi connectivity index (χ0n) is 8.69. The van der Waals surface area contributed by atoms with Gasteiger partial charge in [0.2, 0.25) is 0 Å². The summed E-state index contributed by atoms with van der Waals surface area (Å²) in [5, 5.41) is 0. The minimum atomic E-state index is 1.03. The molecule has 0 saturated heterocycles. The molecule has 1 nitrogen and oxygen atoms in total. The first-order chi connectivity index (χ1) is 6.93. The summed E-state index contributed by atoms with van der Waals surface area (Å²) in [6, 6.07) is 5.95. The fourth-order valence-corrected chi connectivity index (χ4v) is 1.16. The molecule has 0 saturated carbocycles. The number of rotatable bonds is 5. The minimum Gasteiger partial charge on any atom is -0.257 e. The van der Waals surface area contributed by atoms with Gasteiger partial charge in [0, 0.05) is 6.20 Å². The Morgan fingerprint density at radius 2 is 2.00 bits per heavy atom. The Morgan fingerprint density at radius 3 is 2.71 bits per heavy atom. The molecule has 0 aromatic carbocycles. The van der Waals surface area contributed by atoms with Crippen molar-refractivity contribution in [2.45, 2.75) is 26.2 Å². The largest absolute Gasteiger partial charge is 0.257 e. The van der Waals surface area contributed by atoms with Crippen LogP contribution in [0.4, 0.5) is 0 Å². The average Bonchev–Trinajstić information content (AvgIpc) is 2.25. The lowest BCUT2D eigenvalue weighted by atomic mass is 10.2. The minimum absolute atomic E-state index is 1.03. The smallest absolute Gasteiger partial charge is 0.0626 e. The van der Waals surface area contributed by atoms with E-state index in [1.54, 1.807) is 0 Å². The normalized spacial score (nSPS) is 11.5. The van der Waals surface area contributed by atoms with E-state index in [1.165, 1.54) is 0 Å². The molecule has 1 rings (SSSR count). The summed E-state index contributed by atoms with van der Waals surface area (Å²) in [7, 11) is 0. The van der Waals surface area contributed by atoms with E-state index in [2.05, 4.69) is 36.2 Å². The quantitative estimate of drug-likeness (QED) is 0.504. The van der Waals surface area contributed by atoms with Crippen LogP contribution >= 0.6 is 0 Å². The van der Waals surface area contributed by atoms with Crippen molar-refractivity contribution < 1.29 is 0 Å². The molecule has 0 aliphatic rings. The second-order valence-electron chi connectivity index (χ2n) is 3.11. The average molecular weight is 187 g/mol. The van der Waals surface area contributed by atoms with Crippen molar-refractivity contribution in [2.24, 2.45) is 0 Å². The zero-order valence-corrected chi connectivity index (χ0v) is 8.69. The van der Waals surface area contributed by atoms with Gasteiger partial charge in [-0.05, 0) is 37.5 Å². The first-order valence-electron chi connectivity index (χ1n) is 5.16. The van der Waals surface area contributed by atoms with Gasteiger partial charge in [-0.2, -0.15) is 0 Å². The highest BCUT2D eigenvalue weighted by Crippen LogP contribution is 2.00. The van der Waals surface area contributed by atoms with Gasteiger partial charge in [-0.3, -0.25) is 4.98 Å². The van der Waals surface area contributed by atoms with E-state index in [0.29, 0.717) is 0 Å². The van der Waals surface area contributed by atoms with Crippen molar-refractivity contribution >= 4 is 6.08 Å². The van der Waals surface area contributed by atoms with Gasteiger partial charge >= 0.3 is 0 Å². The van der Waals surface area contributed by atoms with Crippen LogP contribution in [0, 0.1) is 0 Å². The zero-order chi connectivity index (χ0) is 10.1. The number of aromatic nitrogens is 1. The maximum atomic E-state index is 4.21. The van der Waals surface area contributed by atoms with Gasteiger partial charge in [-0.15, -0.1) is 0 Å². The van der Waals surface area contributed by atoms with Crippen molar-refractivity contribution in [1.82, 2.24) is 4.98 Å². The molecule has 0 radical (unpaired) electrons. The lowest BCUT2D eigenvalue weighted by Gasteiger charge is -1.90. The Morgan fingerprint density at radius 1 is 1.14 bits per heavy atom. The summed E-state index contributed by atoms with van der Waals surface area (Å²) in [4.78, 5) is 4.21. The molecule has 1 heterocycles. The van der Waals surface area contributed by atoms with Crippen LogP contribution in [0.15, 0.2) is 42.6 Å². The van der Waals surface area contributed by atoms with Crippen molar-refractivity contribution in [3.8, 4) is 0 Å². The van der Waals surface area contributed by atoms with Crippen LogP contribution in [0.5, 0.6) is 0 Å². The van der Waals surface area contributed by atoms with E-state index < -0.39 is 0 Å². The van der Waals surface area contributed by atoms with Crippen LogP contribution in [-0.2, 0) is 0 Å². The summed E-state index contributed by atoms with van der Waals surface area (Å²) >= 11 is 0. The highest BCUT2D eigenvalue weighted by molar-refractivity contribution is 5.43. The molecule has 0 aliphatic carbocycles. The second-order valence-corrected chi connectivity index (χ2v) is 3.11. The molecule has 14 heavy (non-hydrogen) atoms. The van der Waals surface area contributed by atoms with Gasteiger partial charge in [0.15, 0.2) is 0 Å². The number of nitrogens with zero attached hydrogens (tertiary/aromatic N) is 1. The first-order valence-corrected chi connectivity index (χ1v) is 5.16. The van der Waals surface area contributed by atoms with Gasteiger partial charge in [0.1, 0.15) is 0 Å². The van der Waals surface area contributed by atoms with Crippen molar-refractivity contribution in [3.05, 3.63) is 48.3 Å². The molecular formula is C13H17N. The number of allylic oxidation sites excluding steroid dienone is 3. The molecule has 0 fully saturated rings. The lowest BCUT2D eigenvalue weighted by molar-refractivity contribution is 1.04. The van der Waals surface area contributed by atoms with E-state index in [-0.39, 0.29) is 0 Å². The Hall–Kier alpha value is -1.37. The molecule has 0 N–H and O–H groups in total. The predicted molar refractivity (Wildman–Crippen MR) is 61.9 cm³/mol. The number of pyridine rings is 1. The topological polar surface area (TPSA) is 12.9 Å². The third-order valence-electron chi connectivity index (χ3n) is 1.88. The van der Waals surface area contributed by atoms with E-state index in [4.69, 9.17) is 0 Å². The third-order valence-corrected chi connectivity index (χ3v) is 1.88. The molecule has 1 aromatic heterocycles. The van der Waals surface area contributed by atoms with Crippen LogP contribution in [0.3, 0.4) is 0 Å². The summed E-state index contributed by atoms with van der Waals surface area (Å²) < 4.78 is 0. The molecule has 74 valence electrons. The molecule has 1 heteroatoms. The first kappa shape index (κ1) is 10.7. The number of hydrogen-bond donors (Lipinski definition) is 0. The van der Waals surface area contributed by atoms with E-state index in [0.717, 1.165) is 25.0 Å². The van der Waals surface area contributed by atoms with Gasteiger partial charge in [0.25, 0.3) is 0 Å². The standard InChI is InChI=1S/C13H17N/c1-2-3-4-5-6-7-10-13-11-8-9-12-14-13/h3-4,7-12H,2,5-6H2,1H3/b4-3+,10-7+. The van der Waals surface area contributed by atoms with E-state index >= 15 is 0 Å². The lowest BCUT2D eigenvalue weighted by Crippen LogP contribution is -1.76. The van der Waals surface area contributed by atoms with Gasteiger partial charge in [-0.25, -0.2) is 0 Å². The molecular weight excluding hydrogens is 170 g/mol. The van der Waals surface area contributed by atoms with Crippen molar-refractivity contribution in [1.29, 1.82) is 0 Å². The van der Waals surface area contributed by atoms with Crippen LogP contribution in [0.25, 0.3) is 6.08 Å². The summed E-state index contributed by atoms with van der Waals surface area (Å²) in [6.07, 6.45) is 13.8. The highest BCUT2D eigenvalue weighted by atomic mass is 14.6. The Bertz CT molecular complexity index is 285. The van der Waals surface area contributed by atoms with Crippen LogP contribution in [-0.4, -0.2) is 4.98 Å². The van der Waals surface area contributed by atoms with Gasteiger partial charge in [-0.1, -0.05) is 31.2 Å². The molecule has 0 atom stereocenters. The molecule has 0 aliphatic heterocycles. The molecule has 0 bridgehead atoms.